The van der Waals surface area contributed by atoms with Crippen LogP contribution in [-0.2, 0) is 4.79 Å². The van der Waals surface area contributed by atoms with Gasteiger partial charge in [-0.1, -0.05) is 29.7 Å². The molecule has 1 amide bonds. The number of amides is 1. The van der Waals surface area contributed by atoms with Crippen LogP contribution in [0.1, 0.15) is 18.5 Å². The summed E-state index contributed by atoms with van der Waals surface area (Å²) in [6.45, 7) is 0. The van der Waals surface area contributed by atoms with Crippen molar-refractivity contribution >= 4 is 23.2 Å². The Bertz CT molecular complexity index is 644. The topological polar surface area (TPSA) is 42.0 Å². The highest BCUT2D eigenvalue weighted by atomic mass is 35.5. The van der Waals surface area contributed by atoms with Crippen molar-refractivity contribution in [2.24, 2.45) is 0 Å². The van der Waals surface area contributed by atoms with Gasteiger partial charge in [-0.2, -0.15) is 0 Å². The molecule has 0 saturated carbocycles. The van der Waals surface area contributed by atoms with Crippen molar-refractivity contribution in [3.8, 4) is 11.8 Å². The number of hydrogen-bond acceptors (Lipinski definition) is 2. The van der Waals surface area contributed by atoms with E-state index in [1.165, 1.54) is 0 Å². The summed E-state index contributed by atoms with van der Waals surface area (Å²) in [5.41, 5.74) is 1.41. The summed E-state index contributed by atoms with van der Waals surface area (Å²) in [4.78, 5) is 15.8. The first-order valence-corrected chi connectivity index (χ1v) is 6.57. The van der Waals surface area contributed by atoms with Gasteiger partial charge in [0.2, 0.25) is 5.91 Å². The number of halogens is 1. The molecule has 1 heterocycles. The second kappa shape index (κ2) is 7.32. The van der Waals surface area contributed by atoms with E-state index in [0.717, 1.165) is 0 Å². The maximum absolute atomic E-state index is 11.7. The lowest BCUT2D eigenvalue weighted by atomic mass is 10.2. The number of pyridine rings is 1. The van der Waals surface area contributed by atoms with Gasteiger partial charge in [-0.05, 0) is 36.3 Å². The van der Waals surface area contributed by atoms with E-state index in [2.05, 4.69) is 22.1 Å². The van der Waals surface area contributed by atoms with Crippen molar-refractivity contribution < 1.29 is 4.79 Å². The molecule has 3 nitrogen and oxygen atoms in total. The molecule has 0 aliphatic heterocycles. The average Bonchev–Trinajstić information content (AvgIpc) is 2.45. The predicted octanol–water partition coefficient (Wildman–Crippen LogP) is 3.51. The smallest absolute Gasteiger partial charge is 0.225 e. The van der Waals surface area contributed by atoms with Gasteiger partial charge in [0.1, 0.15) is 5.69 Å². The SMILES string of the molecule is O=C(CCC#Cc1ccccn1)Nc1cccc(Cl)c1. The quantitative estimate of drug-likeness (QED) is 0.877. The van der Waals surface area contributed by atoms with Gasteiger partial charge >= 0.3 is 0 Å². The Balaban J connectivity index is 1.80. The molecule has 0 bridgehead atoms. The molecular formula is C16H13ClN2O. The zero-order valence-electron chi connectivity index (χ0n) is 10.8. The van der Waals surface area contributed by atoms with Crippen LogP contribution in [-0.4, -0.2) is 10.9 Å². The summed E-state index contributed by atoms with van der Waals surface area (Å²) >= 11 is 5.84. The standard InChI is InChI=1S/C16H13ClN2O/c17-13-6-5-9-15(12-13)19-16(20)10-2-1-7-14-8-3-4-11-18-14/h3-6,8-9,11-12H,2,10H2,(H,19,20). The molecule has 1 N–H and O–H groups in total. The summed E-state index contributed by atoms with van der Waals surface area (Å²) in [7, 11) is 0. The first kappa shape index (κ1) is 14.1. The van der Waals surface area contributed by atoms with Crippen LogP contribution in [0.25, 0.3) is 0 Å². The van der Waals surface area contributed by atoms with E-state index in [1.54, 1.807) is 30.5 Å². The molecule has 0 fully saturated rings. The largest absolute Gasteiger partial charge is 0.326 e. The van der Waals surface area contributed by atoms with Crippen molar-refractivity contribution in [3.63, 3.8) is 0 Å². The number of carbonyl (C=O) groups excluding carboxylic acids is 1. The van der Waals surface area contributed by atoms with Gasteiger partial charge in [0.05, 0.1) is 0 Å². The number of rotatable bonds is 3. The lowest BCUT2D eigenvalue weighted by Crippen LogP contribution is -2.10. The number of nitrogens with one attached hydrogen (secondary N) is 1. The summed E-state index contributed by atoms with van der Waals surface area (Å²) in [6.07, 6.45) is 2.52. The van der Waals surface area contributed by atoms with Crippen molar-refractivity contribution in [2.45, 2.75) is 12.8 Å². The highest BCUT2D eigenvalue weighted by molar-refractivity contribution is 6.30. The third kappa shape index (κ3) is 4.75. The average molecular weight is 285 g/mol. The fourth-order valence-electron chi connectivity index (χ4n) is 1.56. The number of anilines is 1. The maximum Gasteiger partial charge on any atom is 0.225 e. The molecule has 0 unspecified atom stereocenters. The van der Waals surface area contributed by atoms with E-state index in [-0.39, 0.29) is 5.91 Å². The van der Waals surface area contributed by atoms with Crippen LogP contribution in [0.2, 0.25) is 5.02 Å². The minimum Gasteiger partial charge on any atom is -0.326 e. The first-order chi connectivity index (χ1) is 9.74. The van der Waals surface area contributed by atoms with Gasteiger partial charge in [0.25, 0.3) is 0 Å². The number of aromatic nitrogens is 1. The Morgan fingerprint density at radius 3 is 2.90 bits per heavy atom. The lowest BCUT2D eigenvalue weighted by molar-refractivity contribution is -0.116. The molecule has 0 spiro atoms. The van der Waals surface area contributed by atoms with Gasteiger partial charge in [-0.15, -0.1) is 0 Å². The van der Waals surface area contributed by atoms with Crippen LogP contribution in [0.4, 0.5) is 5.69 Å². The molecular weight excluding hydrogens is 272 g/mol. The number of hydrogen-bond donors (Lipinski definition) is 1. The van der Waals surface area contributed by atoms with Crippen LogP contribution in [0.3, 0.4) is 0 Å². The third-order valence-electron chi connectivity index (χ3n) is 2.47. The Labute approximate surface area is 123 Å². The Hall–Kier alpha value is -2.31. The van der Waals surface area contributed by atoms with Crippen LogP contribution in [0.15, 0.2) is 48.7 Å². The minimum atomic E-state index is -0.0809. The normalized spacial score (nSPS) is 9.45. The lowest BCUT2D eigenvalue weighted by Gasteiger charge is -2.03. The number of benzene rings is 1. The molecule has 0 aliphatic carbocycles. The number of carbonyl (C=O) groups is 1. The summed E-state index contributed by atoms with van der Waals surface area (Å²) in [6, 6.07) is 12.6. The molecule has 0 saturated heterocycles. The Morgan fingerprint density at radius 2 is 2.15 bits per heavy atom. The number of nitrogens with zero attached hydrogens (tertiary/aromatic N) is 1. The molecule has 0 atom stereocenters. The van der Waals surface area contributed by atoms with E-state index in [9.17, 15) is 4.79 Å². The van der Waals surface area contributed by atoms with Crippen molar-refractivity contribution in [1.29, 1.82) is 0 Å². The highest BCUT2D eigenvalue weighted by Gasteiger charge is 2.01. The van der Waals surface area contributed by atoms with Crippen LogP contribution < -0.4 is 5.32 Å². The van der Waals surface area contributed by atoms with E-state index in [0.29, 0.717) is 29.2 Å². The Kier molecular flexibility index (Phi) is 5.16. The van der Waals surface area contributed by atoms with Gasteiger partial charge in [0, 0.05) is 29.7 Å². The maximum atomic E-state index is 11.7. The van der Waals surface area contributed by atoms with E-state index in [1.807, 2.05) is 18.2 Å². The monoisotopic (exact) mass is 284 g/mol. The molecule has 1 aromatic carbocycles. The van der Waals surface area contributed by atoms with Crippen molar-refractivity contribution in [1.82, 2.24) is 4.98 Å². The molecule has 0 radical (unpaired) electrons. The highest BCUT2D eigenvalue weighted by Crippen LogP contribution is 2.15. The van der Waals surface area contributed by atoms with Gasteiger partial charge in [-0.25, -0.2) is 4.98 Å². The molecule has 0 aliphatic rings. The third-order valence-corrected chi connectivity index (χ3v) is 2.70. The van der Waals surface area contributed by atoms with E-state index >= 15 is 0 Å². The molecule has 20 heavy (non-hydrogen) atoms. The molecule has 1 aromatic heterocycles. The molecule has 2 rings (SSSR count). The van der Waals surface area contributed by atoms with Gasteiger partial charge in [-0.3, -0.25) is 4.79 Å². The van der Waals surface area contributed by atoms with Crippen molar-refractivity contribution in [2.75, 3.05) is 5.32 Å². The summed E-state index contributed by atoms with van der Waals surface area (Å²) in [5.74, 6) is 5.76. The van der Waals surface area contributed by atoms with Crippen LogP contribution in [0, 0.1) is 11.8 Å². The first-order valence-electron chi connectivity index (χ1n) is 6.19. The second-order valence-corrected chi connectivity index (χ2v) is 4.51. The van der Waals surface area contributed by atoms with Crippen LogP contribution in [0.5, 0.6) is 0 Å². The zero-order valence-corrected chi connectivity index (χ0v) is 11.5. The fraction of sp³-hybridized carbons (Fsp3) is 0.125. The van der Waals surface area contributed by atoms with Crippen molar-refractivity contribution in [3.05, 3.63) is 59.4 Å². The second-order valence-electron chi connectivity index (χ2n) is 4.08. The molecule has 4 heteroatoms. The Morgan fingerprint density at radius 1 is 1.25 bits per heavy atom. The summed E-state index contributed by atoms with van der Waals surface area (Å²) < 4.78 is 0. The van der Waals surface area contributed by atoms with Gasteiger partial charge in [0.15, 0.2) is 0 Å². The predicted molar refractivity (Wildman–Crippen MR) is 80.4 cm³/mol. The van der Waals surface area contributed by atoms with Crippen LogP contribution >= 0.6 is 11.6 Å². The van der Waals surface area contributed by atoms with Gasteiger partial charge < -0.3 is 5.32 Å². The zero-order chi connectivity index (χ0) is 14.2. The van der Waals surface area contributed by atoms with E-state index in [4.69, 9.17) is 11.6 Å². The molecule has 100 valence electrons. The summed E-state index contributed by atoms with van der Waals surface area (Å²) in [5, 5.41) is 3.37. The fourth-order valence-corrected chi connectivity index (χ4v) is 1.75. The van der Waals surface area contributed by atoms with E-state index < -0.39 is 0 Å². The minimum absolute atomic E-state index is 0.0809. The molecule has 2 aromatic rings.